The maximum atomic E-state index is 3.58. The molecule has 2 saturated heterocycles. The fourth-order valence-corrected chi connectivity index (χ4v) is 3.09. The molecule has 0 amide bonds. The summed E-state index contributed by atoms with van der Waals surface area (Å²) in [6.45, 7) is 6.38. The minimum absolute atomic E-state index is 0.800. The number of hydrogen-bond acceptors (Lipinski definition) is 3. The van der Waals surface area contributed by atoms with Crippen LogP contribution in [0, 0.1) is 5.92 Å². The van der Waals surface area contributed by atoms with E-state index in [9.17, 15) is 0 Å². The molecular weight excluding hydrogens is 198 g/mol. The molecule has 2 heterocycles. The molecule has 0 aromatic carbocycles. The van der Waals surface area contributed by atoms with E-state index >= 15 is 0 Å². The van der Waals surface area contributed by atoms with Crippen LogP contribution in [0.4, 0.5) is 0 Å². The molecule has 2 atom stereocenters. The first-order valence-electron chi connectivity index (χ1n) is 6.84. The molecule has 2 fully saturated rings. The van der Waals surface area contributed by atoms with Gasteiger partial charge < -0.3 is 15.1 Å². The number of hydrogen-bond donors (Lipinski definition) is 1. The molecule has 0 aliphatic carbocycles. The highest BCUT2D eigenvalue weighted by molar-refractivity contribution is 4.78. The second-order valence-corrected chi connectivity index (χ2v) is 5.76. The molecule has 1 N–H and O–H groups in total. The van der Waals surface area contributed by atoms with Gasteiger partial charge in [0.05, 0.1) is 0 Å². The molecule has 3 nitrogen and oxygen atoms in total. The Kier molecular flexibility index (Phi) is 4.62. The minimum atomic E-state index is 0.800. The average molecular weight is 225 g/mol. The third kappa shape index (κ3) is 3.72. The Morgan fingerprint density at radius 2 is 2.25 bits per heavy atom. The standard InChI is InChI=1S/C13H27N3/c1-15-8-5-12(10-15)11-16(2)9-6-13-4-3-7-14-13/h12-14H,3-11H2,1-2H3. The molecule has 2 rings (SSSR count). The zero-order valence-electron chi connectivity index (χ0n) is 10.9. The van der Waals surface area contributed by atoms with Crippen molar-refractivity contribution < 1.29 is 0 Å². The van der Waals surface area contributed by atoms with Crippen LogP contribution in [0.1, 0.15) is 25.7 Å². The van der Waals surface area contributed by atoms with Gasteiger partial charge in [-0.05, 0) is 65.3 Å². The third-order valence-electron chi connectivity index (χ3n) is 4.08. The molecular formula is C13H27N3. The fourth-order valence-electron chi connectivity index (χ4n) is 3.09. The van der Waals surface area contributed by atoms with Gasteiger partial charge in [-0.3, -0.25) is 0 Å². The molecule has 0 bridgehead atoms. The molecule has 2 aliphatic rings. The van der Waals surface area contributed by atoms with E-state index in [-0.39, 0.29) is 0 Å². The van der Waals surface area contributed by atoms with Crippen LogP contribution < -0.4 is 5.32 Å². The first-order valence-corrected chi connectivity index (χ1v) is 6.84. The predicted molar refractivity (Wildman–Crippen MR) is 68.7 cm³/mol. The van der Waals surface area contributed by atoms with Crippen LogP contribution in [0.2, 0.25) is 0 Å². The molecule has 2 aliphatic heterocycles. The smallest absolute Gasteiger partial charge is 0.00797 e. The quantitative estimate of drug-likeness (QED) is 0.753. The molecule has 3 heteroatoms. The Bertz CT molecular complexity index is 201. The van der Waals surface area contributed by atoms with Gasteiger partial charge in [0, 0.05) is 19.1 Å². The first kappa shape index (κ1) is 12.3. The van der Waals surface area contributed by atoms with Gasteiger partial charge >= 0.3 is 0 Å². The van der Waals surface area contributed by atoms with E-state index in [0.29, 0.717) is 0 Å². The summed E-state index contributed by atoms with van der Waals surface area (Å²) in [5, 5.41) is 3.58. The highest BCUT2D eigenvalue weighted by Gasteiger charge is 2.21. The van der Waals surface area contributed by atoms with E-state index < -0.39 is 0 Å². The van der Waals surface area contributed by atoms with Gasteiger partial charge in [-0.25, -0.2) is 0 Å². The van der Waals surface area contributed by atoms with Crippen molar-refractivity contribution in [3.8, 4) is 0 Å². The number of nitrogens with zero attached hydrogens (tertiary/aromatic N) is 2. The highest BCUT2D eigenvalue weighted by Crippen LogP contribution is 2.16. The van der Waals surface area contributed by atoms with Crippen molar-refractivity contribution in [3.63, 3.8) is 0 Å². The van der Waals surface area contributed by atoms with Gasteiger partial charge in [0.25, 0.3) is 0 Å². The zero-order chi connectivity index (χ0) is 11.4. The summed E-state index contributed by atoms with van der Waals surface area (Å²) in [4.78, 5) is 4.99. The van der Waals surface area contributed by atoms with Crippen LogP contribution in [-0.2, 0) is 0 Å². The van der Waals surface area contributed by atoms with Crippen LogP contribution in [0.5, 0.6) is 0 Å². The molecule has 16 heavy (non-hydrogen) atoms. The minimum Gasteiger partial charge on any atom is -0.314 e. The van der Waals surface area contributed by atoms with Gasteiger partial charge in [-0.1, -0.05) is 0 Å². The van der Waals surface area contributed by atoms with Crippen LogP contribution in [0.25, 0.3) is 0 Å². The lowest BCUT2D eigenvalue weighted by Gasteiger charge is -2.22. The third-order valence-corrected chi connectivity index (χ3v) is 4.08. The van der Waals surface area contributed by atoms with Crippen molar-refractivity contribution in [3.05, 3.63) is 0 Å². The Labute approximate surface area is 100 Å². The van der Waals surface area contributed by atoms with Crippen molar-refractivity contribution in [2.45, 2.75) is 31.7 Å². The average Bonchev–Trinajstić information content (AvgIpc) is 2.87. The van der Waals surface area contributed by atoms with E-state index in [1.54, 1.807) is 0 Å². The Balaban J connectivity index is 1.58. The van der Waals surface area contributed by atoms with E-state index in [2.05, 4.69) is 29.2 Å². The van der Waals surface area contributed by atoms with E-state index in [0.717, 1.165) is 12.0 Å². The highest BCUT2D eigenvalue weighted by atomic mass is 15.1. The van der Waals surface area contributed by atoms with Gasteiger partial charge in [0.15, 0.2) is 0 Å². The Morgan fingerprint density at radius 1 is 1.38 bits per heavy atom. The van der Waals surface area contributed by atoms with Gasteiger partial charge in [0.1, 0.15) is 0 Å². The summed E-state index contributed by atoms with van der Waals surface area (Å²) in [6, 6.07) is 0.800. The summed E-state index contributed by atoms with van der Waals surface area (Å²) in [7, 11) is 4.52. The largest absolute Gasteiger partial charge is 0.314 e. The van der Waals surface area contributed by atoms with Crippen LogP contribution >= 0.6 is 0 Å². The number of rotatable bonds is 5. The maximum Gasteiger partial charge on any atom is 0.00797 e. The molecule has 94 valence electrons. The van der Waals surface area contributed by atoms with Gasteiger partial charge in [0.2, 0.25) is 0 Å². The Morgan fingerprint density at radius 3 is 2.88 bits per heavy atom. The number of nitrogens with one attached hydrogen (secondary N) is 1. The van der Waals surface area contributed by atoms with Crippen molar-refractivity contribution in [2.24, 2.45) is 5.92 Å². The second-order valence-electron chi connectivity index (χ2n) is 5.76. The maximum absolute atomic E-state index is 3.58. The predicted octanol–water partition coefficient (Wildman–Crippen LogP) is 1.01. The lowest BCUT2D eigenvalue weighted by atomic mass is 10.1. The van der Waals surface area contributed by atoms with Crippen LogP contribution in [0.3, 0.4) is 0 Å². The molecule has 0 aromatic heterocycles. The topological polar surface area (TPSA) is 18.5 Å². The summed E-state index contributed by atoms with van der Waals surface area (Å²) < 4.78 is 0. The molecule has 0 saturated carbocycles. The summed E-state index contributed by atoms with van der Waals surface area (Å²) >= 11 is 0. The zero-order valence-corrected chi connectivity index (χ0v) is 10.9. The molecule has 0 aromatic rings. The van der Waals surface area contributed by atoms with Crippen LogP contribution in [-0.4, -0.2) is 62.7 Å². The summed E-state index contributed by atoms with van der Waals surface area (Å²) in [5.74, 6) is 0.909. The lowest BCUT2D eigenvalue weighted by Crippen LogP contribution is -2.32. The van der Waals surface area contributed by atoms with Gasteiger partial charge in [-0.15, -0.1) is 0 Å². The van der Waals surface area contributed by atoms with Crippen molar-refractivity contribution in [2.75, 3.05) is 46.8 Å². The number of likely N-dealkylation sites (tertiary alicyclic amines) is 1. The fraction of sp³-hybridized carbons (Fsp3) is 1.00. The normalized spacial score (nSPS) is 31.7. The first-order chi connectivity index (χ1) is 7.74. The SMILES string of the molecule is CN1CCC(CN(C)CCC2CCCN2)C1. The summed E-state index contributed by atoms with van der Waals surface area (Å²) in [5.41, 5.74) is 0. The monoisotopic (exact) mass is 225 g/mol. The summed E-state index contributed by atoms with van der Waals surface area (Å²) in [6.07, 6.45) is 5.49. The van der Waals surface area contributed by atoms with Crippen molar-refractivity contribution in [1.29, 1.82) is 0 Å². The van der Waals surface area contributed by atoms with E-state index in [1.165, 1.54) is 58.4 Å². The van der Waals surface area contributed by atoms with E-state index in [4.69, 9.17) is 0 Å². The van der Waals surface area contributed by atoms with Crippen LogP contribution in [0.15, 0.2) is 0 Å². The Hall–Kier alpha value is -0.120. The molecule has 2 unspecified atom stereocenters. The lowest BCUT2D eigenvalue weighted by molar-refractivity contribution is 0.262. The second kappa shape index (κ2) is 5.99. The van der Waals surface area contributed by atoms with Crippen molar-refractivity contribution >= 4 is 0 Å². The van der Waals surface area contributed by atoms with Crippen molar-refractivity contribution in [1.82, 2.24) is 15.1 Å². The van der Waals surface area contributed by atoms with Gasteiger partial charge in [-0.2, -0.15) is 0 Å². The molecule has 0 radical (unpaired) electrons. The van der Waals surface area contributed by atoms with E-state index in [1.807, 2.05) is 0 Å². The molecule has 0 spiro atoms.